The van der Waals surface area contributed by atoms with Crippen LogP contribution in [0, 0.1) is 0 Å². The van der Waals surface area contributed by atoms with E-state index in [-0.39, 0.29) is 0 Å². The number of rotatable bonds is 7. The van der Waals surface area contributed by atoms with E-state index in [0.717, 1.165) is 19.4 Å². The Hall–Kier alpha value is -0.123. The Morgan fingerprint density at radius 2 is 2.00 bits per heavy atom. The highest BCUT2D eigenvalue weighted by atomic mass is 28.4. The van der Waals surface area contributed by atoms with E-state index in [9.17, 15) is 0 Å². The molecule has 0 fully saturated rings. The molecule has 0 radical (unpaired) electrons. The van der Waals surface area contributed by atoms with Crippen molar-refractivity contribution in [2.45, 2.75) is 53.2 Å². The maximum absolute atomic E-state index is 5.96. The molecule has 0 saturated carbocycles. The molecule has 2 atom stereocenters. The molecule has 84 valence electrons. The molecule has 0 aliphatic carbocycles. The topological polar surface area (TPSA) is 18.5 Å². The van der Waals surface area contributed by atoms with Gasteiger partial charge < -0.3 is 8.85 Å². The summed E-state index contributed by atoms with van der Waals surface area (Å²) in [7, 11) is -2.04. The zero-order valence-electron chi connectivity index (χ0n) is 10.2. The molecule has 0 aliphatic rings. The first-order valence-corrected chi connectivity index (χ1v) is 7.93. The summed E-state index contributed by atoms with van der Waals surface area (Å²) in [4.78, 5) is 0. The van der Waals surface area contributed by atoms with Crippen molar-refractivity contribution < 1.29 is 8.85 Å². The Bertz CT molecular complexity index is 171. The van der Waals surface area contributed by atoms with E-state index in [4.69, 9.17) is 8.85 Å². The van der Waals surface area contributed by atoms with Crippen LogP contribution in [0.5, 0.6) is 0 Å². The molecule has 0 N–H and O–H groups in total. The van der Waals surface area contributed by atoms with E-state index in [1.807, 2.05) is 13.0 Å². The molecule has 0 amide bonds. The summed E-state index contributed by atoms with van der Waals surface area (Å²) >= 11 is 0. The van der Waals surface area contributed by atoms with Crippen LogP contribution in [0.15, 0.2) is 11.8 Å². The highest BCUT2D eigenvalue weighted by Gasteiger charge is 2.29. The van der Waals surface area contributed by atoms with Gasteiger partial charge in [-0.15, -0.1) is 0 Å². The third-order valence-electron chi connectivity index (χ3n) is 2.07. The van der Waals surface area contributed by atoms with Gasteiger partial charge in [0.1, 0.15) is 0 Å². The first-order valence-electron chi connectivity index (χ1n) is 5.53. The van der Waals surface area contributed by atoms with Crippen LogP contribution < -0.4 is 0 Å². The summed E-state index contributed by atoms with van der Waals surface area (Å²) in [6.45, 7) is 11.3. The van der Waals surface area contributed by atoms with Crippen molar-refractivity contribution in [2.24, 2.45) is 0 Å². The Morgan fingerprint density at radius 1 is 1.36 bits per heavy atom. The minimum atomic E-state index is -2.04. The van der Waals surface area contributed by atoms with Gasteiger partial charge in [-0.25, -0.2) is 0 Å². The van der Waals surface area contributed by atoms with Crippen molar-refractivity contribution in [3.05, 3.63) is 11.8 Å². The van der Waals surface area contributed by atoms with Crippen molar-refractivity contribution in [2.75, 3.05) is 6.61 Å². The Morgan fingerprint density at radius 3 is 2.43 bits per heavy atom. The Labute approximate surface area is 89.6 Å². The van der Waals surface area contributed by atoms with Crippen molar-refractivity contribution in [3.63, 3.8) is 0 Å². The monoisotopic (exact) mass is 216 g/mol. The smallest absolute Gasteiger partial charge is 0.361 e. The average molecular weight is 216 g/mol. The Balaban J connectivity index is 4.22. The lowest BCUT2D eigenvalue weighted by atomic mass is 10.3. The highest BCUT2D eigenvalue weighted by Crippen LogP contribution is 2.14. The number of hydrogen-bond acceptors (Lipinski definition) is 2. The standard InChI is InChI=1S/C11H24O2Si/c1-6-9-12-14(5,10-7-2)13-11(4)8-3/h7,10-11H,6,8-9H2,1-5H3. The fourth-order valence-electron chi connectivity index (χ4n) is 1.21. The zero-order chi connectivity index (χ0) is 11.0. The van der Waals surface area contributed by atoms with Gasteiger partial charge in [0.25, 0.3) is 0 Å². The molecule has 2 unspecified atom stereocenters. The van der Waals surface area contributed by atoms with E-state index in [1.54, 1.807) is 0 Å². The van der Waals surface area contributed by atoms with E-state index >= 15 is 0 Å². The number of allylic oxidation sites excluding steroid dienone is 1. The normalized spacial score (nSPS) is 18.4. The van der Waals surface area contributed by atoms with E-state index in [0.29, 0.717) is 6.10 Å². The van der Waals surface area contributed by atoms with Crippen molar-refractivity contribution in [1.29, 1.82) is 0 Å². The second-order valence-electron chi connectivity index (χ2n) is 3.70. The van der Waals surface area contributed by atoms with Crippen molar-refractivity contribution in [3.8, 4) is 0 Å². The van der Waals surface area contributed by atoms with E-state index in [2.05, 4.69) is 33.0 Å². The predicted molar refractivity (Wildman–Crippen MR) is 63.5 cm³/mol. The molecular weight excluding hydrogens is 192 g/mol. The third-order valence-corrected chi connectivity index (χ3v) is 4.66. The van der Waals surface area contributed by atoms with Crippen LogP contribution in [0.2, 0.25) is 6.55 Å². The van der Waals surface area contributed by atoms with Gasteiger partial charge in [0.05, 0.1) is 0 Å². The Kier molecular flexibility index (Phi) is 7.14. The average Bonchev–Trinajstić information content (AvgIpc) is 2.15. The van der Waals surface area contributed by atoms with Crippen LogP contribution in [0.1, 0.15) is 40.5 Å². The molecule has 2 nitrogen and oxygen atoms in total. The van der Waals surface area contributed by atoms with Gasteiger partial charge in [-0.2, -0.15) is 0 Å². The summed E-state index contributed by atoms with van der Waals surface area (Å²) in [5.74, 6) is 0. The largest absolute Gasteiger partial charge is 0.391 e. The highest BCUT2D eigenvalue weighted by molar-refractivity contribution is 6.71. The van der Waals surface area contributed by atoms with Gasteiger partial charge in [0.15, 0.2) is 0 Å². The van der Waals surface area contributed by atoms with Gasteiger partial charge in [-0.1, -0.05) is 19.9 Å². The van der Waals surface area contributed by atoms with Gasteiger partial charge in [0.2, 0.25) is 0 Å². The van der Waals surface area contributed by atoms with Crippen LogP contribution >= 0.6 is 0 Å². The SMILES string of the molecule is CC=C[Si](C)(OCCC)OC(C)CC. The molecule has 0 aromatic rings. The molecule has 14 heavy (non-hydrogen) atoms. The van der Waals surface area contributed by atoms with Crippen molar-refractivity contribution in [1.82, 2.24) is 0 Å². The molecule has 0 rings (SSSR count). The van der Waals surface area contributed by atoms with Crippen LogP contribution in [0.4, 0.5) is 0 Å². The fraction of sp³-hybridized carbons (Fsp3) is 0.818. The molecule has 0 aromatic carbocycles. The quantitative estimate of drug-likeness (QED) is 0.607. The maximum Gasteiger partial charge on any atom is 0.361 e. The summed E-state index contributed by atoms with van der Waals surface area (Å²) in [6.07, 6.45) is 4.41. The molecular formula is C11H24O2Si. The van der Waals surface area contributed by atoms with E-state index < -0.39 is 8.56 Å². The zero-order valence-corrected chi connectivity index (χ0v) is 11.2. The third kappa shape index (κ3) is 5.57. The summed E-state index contributed by atoms with van der Waals surface area (Å²) in [5.41, 5.74) is 2.11. The van der Waals surface area contributed by atoms with Gasteiger partial charge in [-0.05, 0) is 38.9 Å². The minimum Gasteiger partial charge on any atom is -0.391 e. The molecule has 3 heteroatoms. The van der Waals surface area contributed by atoms with E-state index in [1.165, 1.54) is 0 Å². The second-order valence-corrected chi connectivity index (χ2v) is 6.59. The van der Waals surface area contributed by atoms with Crippen LogP contribution in [-0.4, -0.2) is 21.3 Å². The van der Waals surface area contributed by atoms with Crippen LogP contribution in [0.25, 0.3) is 0 Å². The fourth-order valence-corrected chi connectivity index (χ4v) is 3.64. The minimum absolute atomic E-state index is 0.291. The van der Waals surface area contributed by atoms with Gasteiger partial charge >= 0.3 is 8.56 Å². The maximum atomic E-state index is 5.96. The van der Waals surface area contributed by atoms with Crippen LogP contribution in [0.3, 0.4) is 0 Å². The lowest BCUT2D eigenvalue weighted by Gasteiger charge is -2.27. The molecule has 0 bridgehead atoms. The lowest BCUT2D eigenvalue weighted by molar-refractivity contribution is 0.133. The summed E-state index contributed by atoms with van der Waals surface area (Å²) in [6, 6.07) is 0. The lowest BCUT2D eigenvalue weighted by Crippen LogP contribution is -2.40. The summed E-state index contributed by atoms with van der Waals surface area (Å²) in [5, 5.41) is 0. The second kappa shape index (κ2) is 7.21. The number of hydrogen-bond donors (Lipinski definition) is 0. The molecule has 0 saturated heterocycles. The molecule has 0 aromatic heterocycles. The summed E-state index contributed by atoms with van der Waals surface area (Å²) < 4.78 is 11.8. The van der Waals surface area contributed by atoms with Crippen LogP contribution in [-0.2, 0) is 8.85 Å². The first kappa shape index (κ1) is 13.9. The van der Waals surface area contributed by atoms with Gasteiger partial charge in [-0.3, -0.25) is 0 Å². The predicted octanol–water partition coefficient (Wildman–Crippen LogP) is 3.42. The molecule has 0 spiro atoms. The van der Waals surface area contributed by atoms with Gasteiger partial charge in [0, 0.05) is 12.7 Å². The van der Waals surface area contributed by atoms with Crippen molar-refractivity contribution >= 4 is 8.56 Å². The molecule has 0 heterocycles. The first-order chi connectivity index (χ1) is 6.58. The molecule has 0 aliphatic heterocycles.